The smallest absolute Gasteiger partial charge is 0.297 e. The monoisotopic (exact) mass is 349 g/mol. The van der Waals surface area contributed by atoms with E-state index in [-0.39, 0.29) is 11.5 Å². The van der Waals surface area contributed by atoms with Gasteiger partial charge >= 0.3 is 0 Å². The van der Waals surface area contributed by atoms with Crippen LogP contribution in [0, 0.1) is 0 Å². The minimum absolute atomic E-state index is 0.00323. The van der Waals surface area contributed by atoms with E-state index in [1.165, 1.54) is 24.3 Å². The molecule has 2 N–H and O–H groups in total. The Hall–Kier alpha value is -1.19. The summed E-state index contributed by atoms with van der Waals surface area (Å²) in [5.74, 6) is -1.89. The van der Waals surface area contributed by atoms with Crippen molar-refractivity contribution in [3.63, 3.8) is 0 Å². The van der Waals surface area contributed by atoms with Gasteiger partial charge in [-0.25, -0.2) is 0 Å². The second kappa shape index (κ2) is 6.13. The molecule has 9 heteroatoms. The molecule has 122 valence electrons. The summed E-state index contributed by atoms with van der Waals surface area (Å²) in [4.78, 5) is 11.4. The summed E-state index contributed by atoms with van der Waals surface area (Å²) in [6, 6.07) is 5.34. The normalized spacial score (nSPS) is 22.4. The van der Waals surface area contributed by atoms with Gasteiger partial charge in [-0.2, -0.15) is 8.42 Å². The quantitative estimate of drug-likeness (QED) is 0.796. The van der Waals surface area contributed by atoms with Gasteiger partial charge in [0, 0.05) is 5.02 Å². The largest absolute Gasteiger partial charge is 0.367 e. The highest BCUT2D eigenvalue weighted by atomic mass is 35.5. The lowest BCUT2D eigenvalue weighted by atomic mass is 10.2. The van der Waals surface area contributed by atoms with Crippen molar-refractivity contribution in [1.29, 1.82) is 0 Å². The predicted molar refractivity (Wildman–Crippen MR) is 77.6 cm³/mol. The number of ether oxygens (including phenoxy) is 2. The summed E-state index contributed by atoms with van der Waals surface area (Å²) in [5.41, 5.74) is 5.23. The Balaban J connectivity index is 2.21. The second-order valence-electron chi connectivity index (χ2n) is 5.19. The van der Waals surface area contributed by atoms with Crippen LogP contribution in [0.25, 0.3) is 0 Å². The molecular formula is C13H16ClNO6S. The maximum Gasteiger partial charge on any atom is 0.297 e. The van der Waals surface area contributed by atoms with Gasteiger partial charge in [-0.3, -0.25) is 8.98 Å². The van der Waals surface area contributed by atoms with Crippen LogP contribution in [-0.2, 0) is 28.6 Å². The molecule has 1 aromatic rings. The van der Waals surface area contributed by atoms with Crippen LogP contribution in [-0.4, -0.2) is 38.9 Å². The van der Waals surface area contributed by atoms with Gasteiger partial charge < -0.3 is 15.2 Å². The fraction of sp³-hybridized carbons (Fsp3) is 0.462. The molecule has 1 aromatic carbocycles. The molecule has 0 unspecified atom stereocenters. The van der Waals surface area contributed by atoms with Crippen LogP contribution in [0.1, 0.15) is 13.8 Å². The highest BCUT2D eigenvalue weighted by Gasteiger charge is 2.42. The maximum atomic E-state index is 12.2. The van der Waals surface area contributed by atoms with Gasteiger partial charge in [-0.1, -0.05) is 11.6 Å². The Bertz CT molecular complexity index is 658. The number of carbonyl (C=O) groups is 1. The highest BCUT2D eigenvalue weighted by Crippen LogP contribution is 2.27. The SMILES string of the molecule is CC1(C)OC[C@@H]([C@@H](OS(=O)(=O)c2ccc(Cl)cc2)C(N)=O)O1. The van der Waals surface area contributed by atoms with Crippen LogP contribution in [0.4, 0.5) is 0 Å². The molecule has 0 bridgehead atoms. The molecule has 1 fully saturated rings. The summed E-state index contributed by atoms with van der Waals surface area (Å²) >= 11 is 5.71. The summed E-state index contributed by atoms with van der Waals surface area (Å²) in [6.45, 7) is 3.27. The predicted octanol–water partition coefficient (Wildman–Crippen LogP) is 1.05. The van der Waals surface area contributed by atoms with Crippen molar-refractivity contribution in [2.24, 2.45) is 5.73 Å². The number of carbonyl (C=O) groups excluding carboxylic acids is 1. The first kappa shape index (κ1) is 17.2. The molecule has 0 aliphatic carbocycles. The number of halogens is 1. The molecule has 0 spiro atoms. The van der Waals surface area contributed by atoms with E-state index >= 15 is 0 Å². The third kappa shape index (κ3) is 3.96. The molecule has 1 aliphatic rings. The number of amides is 1. The molecule has 2 rings (SSSR count). The lowest BCUT2D eigenvalue weighted by Gasteiger charge is -2.21. The van der Waals surface area contributed by atoms with E-state index in [0.29, 0.717) is 5.02 Å². The summed E-state index contributed by atoms with van der Waals surface area (Å²) < 4.78 is 40.1. The second-order valence-corrected chi connectivity index (χ2v) is 7.20. The summed E-state index contributed by atoms with van der Waals surface area (Å²) in [5, 5.41) is 0.375. The minimum Gasteiger partial charge on any atom is -0.367 e. The minimum atomic E-state index is -4.19. The molecule has 1 amide bonds. The van der Waals surface area contributed by atoms with Crippen molar-refractivity contribution in [3.8, 4) is 0 Å². The van der Waals surface area contributed by atoms with Crippen LogP contribution in [0.5, 0.6) is 0 Å². The average molecular weight is 350 g/mol. The zero-order valence-corrected chi connectivity index (χ0v) is 13.6. The lowest BCUT2D eigenvalue weighted by molar-refractivity contribution is -0.154. The summed E-state index contributed by atoms with van der Waals surface area (Å²) in [7, 11) is -4.19. The molecule has 7 nitrogen and oxygen atoms in total. The topological polar surface area (TPSA) is 105 Å². The molecule has 22 heavy (non-hydrogen) atoms. The van der Waals surface area contributed by atoms with E-state index in [0.717, 1.165) is 0 Å². The number of hydrogen-bond acceptors (Lipinski definition) is 6. The lowest BCUT2D eigenvalue weighted by Crippen LogP contribution is -2.44. The summed E-state index contributed by atoms with van der Waals surface area (Å²) in [6.07, 6.45) is -2.39. The third-order valence-corrected chi connectivity index (χ3v) is 4.54. The molecule has 2 atom stereocenters. The van der Waals surface area contributed by atoms with E-state index in [4.69, 9.17) is 31.0 Å². The van der Waals surface area contributed by atoms with Gasteiger partial charge in [-0.05, 0) is 38.1 Å². The standard InChI is InChI=1S/C13H16ClNO6S/c1-13(2)19-7-10(20-13)11(12(15)16)21-22(17,18)9-5-3-8(14)4-6-9/h3-6,10-11H,7H2,1-2H3,(H2,15,16)/t10-,11+/m0/s1. The number of nitrogens with two attached hydrogens (primary N) is 1. The molecule has 0 saturated carbocycles. The Labute approximate surface area is 133 Å². The van der Waals surface area contributed by atoms with Crippen LogP contribution in [0.15, 0.2) is 29.2 Å². The van der Waals surface area contributed by atoms with E-state index < -0.39 is 34.0 Å². The van der Waals surface area contributed by atoms with Crippen LogP contribution in [0.2, 0.25) is 5.02 Å². The van der Waals surface area contributed by atoms with Gasteiger partial charge in [0.05, 0.1) is 11.5 Å². The Kier molecular flexibility index (Phi) is 4.78. The maximum absolute atomic E-state index is 12.2. The van der Waals surface area contributed by atoms with Crippen molar-refractivity contribution in [3.05, 3.63) is 29.3 Å². The van der Waals surface area contributed by atoms with E-state index in [1.807, 2.05) is 0 Å². The van der Waals surface area contributed by atoms with E-state index in [2.05, 4.69) is 0 Å². The van der Waals surface area contributed by atoms with Gasteiger partial charge in [-0.15, -0.1) is 0 Å². The Morgan fingerprint density at radius 3 is 2.45 bits per heavy atom. The van der Waals surface area contributed by atoms with Crippen molar-refractivity contribution >= 4 is 27.6 Å². The molecule has 0 aromatic heterocycles. The molecular weight excluding hydrogens is 334 g/mol. The zero-order valence-electron chi connectivity index (χ0n) is 12.0. The average Bonchev–Trinajstić information content (AvgIpc) is 2.76. The van der Waals surface area contributed by atoms with E-state index in [1.54, 1.807) is 13.8 Å². The number of rotatable bonds is 5. The molecule has 1 saturated heterocycles. The van der Waals surface area contributed by atoms with Crippen LogP contribution >= 0.6 is 11.6 Å². The molecule has 0 radical (unpaired) electrons. The molecule has 1 heterocycles. The van der Waals surface area contributed by atoms with Gasteiger partial charge in [0.25, 0.3) is 16.0 Å². The molecule has 1 aliphatic heterocycles. The van der Waals surface area contributed by atoms with Gasteiger partial charge in [0.2, 0.25) is 0 Å². The van der Waals surface area contributed by atoms with Crippen molar-refractivity contribution in [2.45, 2.75) is 36.7 Å². The van der Waals surface area contributed by atoms with Crippen molar-refractivity contribution in [2.75, 3.05) is 6.61 Å². The van der Waals surface area contributed by atoms with E-state index in [9.17, 15) is 13.2 Å². The van der Waals surface area contributed by atoms with Gasteiger partial charge in [0.15, 0.2) is 11.9 Å². The number of benzene rings is 1. The number of hydrogen-bond donors (Lipinski definition) is 1. The third-order valence-electron chi connectivity index (χ3n) is 2.98. The fourth-order valence-corrected chi connectivity index (χ4v) is 3.15. The Morgan fingerprint density at radius 1 is 1.41 bits per heavy atom. The van der Waals surface area contributed by atoms with Crippen molar-refractivity contribution < 1.29 is 26.9 Å². The number of primary amides is 1. The first-order chi connectivity index (χ1) is 10.1. The van der Waals surface area contributed by atoms with Crippen molar-refractivity contribution in [1.82, 2.24) is 0 Å². The fourth-order valence-electron chi connectivity index (χ4n) is 1.95. The first-order valence-electron chi connectivity index (χ1n) is 6.41. The highest BCUT2D eigenvalue weighted by molar-refractivity contribution is 7.86. The first-order valence-corrected chi connectivity index (χ1v) is 8.19. The Morgan fingerprint density at radius 2 is 2.00 bits per heavy atom. The van der Waals surface area contributed by atoms with Gasteiger partial charge in [0.1, 0.15) is 6.10 Å². The zero-order chi connectivity index (χ0) is 16.5. The van der Waals surface area contributed by atoms with Crippen LogP contribution < -0.4 is 5.73 Å². The van der Waals surface area contributed by atoms with Crippen LogP contribution in [0.3, 0.4) is 0 Å².